The number of amides is 1. The lowest BCUT2D eigenvalue weighted by atomic mass is 9.90. The van der Waals surface area contributed by atoms with Crippen LogP contribution >= 0.6 is 0 Å². The van der Waals surface area contributed by atoms with Crippen LogP contribution in [0, 0.1) is 12.8 Å². The molecule has 0 radical (unpaired) electrons. The molecule has 1 unspecified atom stereocenters. The molecule has 1 saturated carbocycles. The number of nitrogens with zero attached hydrogens (tertiary/aromatic N) is 3. The third kappa shape index (κ3) is 5.63. The molecule has 1 amide bonds. The number of nitrogens with two attached hydrogens (primary N) is 1. The first-order chi connectivity index (χ1) is 18.9. The van der Waals surface area contributed by atoms with E-state index < -0.39 is 15.9 Å². The lowest BCUT2D eigenvalue weighted by Gasteiger charge is -2.36. The first kappa shape index (κ1) is 27.9. The van der Waals surface area contributed by atoms with Crippen LogP contribution in [-0.4, -0.2) is 42.5 Å². The number of ether oxygens (including phenoxy) is 1. The number of rotatable bonds is 7. The molecule has 0 spiro atoms. The predicted octanol–water partition coefficient (Wildman–Crippen LogP) is 5.10. The van der Waals surface area contributed by atoms with Gasteiger partial charge < -0.3 is 15.4 Å². The minimum absolute atomic E-state index is 0.0440. The monoisotopic (exact) mass is 563 g/mol. The molecule has 5 rings (SSSR count). The number of sulfonamides is 1. The summed E-state index contributed by atoms with van der Waals surface area (Å²) in [6, 6.07) is 11.9. The fourth-order valence-corrected chi connectivity index (χ4v) is 6.54. The van der Waals surface area contributed by atoms with Crippen molar-refractivity contribution in [2.75, 3.05) is 17.2 Å². The van der Waals surface area contributed by atoms with Gasteiger partial charge in [0.1, 0.15) is 17.4 Å². The fraction of sp³-hybridized carbons (Fsp3) is 0.433. The number of nitrogens with one attached hydrogen (secondary N) is 1. The van der Waals surface area contributed by atoms with Crippen molar-refractivity contribution < 1.29 is 17.9 Å². The van der Waals surface area contributed by atoms with E-state index in [1.54, 1.807) is 12.3 Å². The number of aromatic nitrogens is 2. The Morgan fingerprint density at radius 3 is 2.52 bits per heavy atom. The summed E-state index contributed by atoms with van der Waals surface area (Å²) in [5, 5.41) is -0.325. The Bertz CT molecular complexity index is 1530. The largest absolute Gasteiger partial charge is 0.490 e. The van der Waals surface area contributed by atoms with Gasteiger partial charge in [0.2, 0.25) is 0 Å². The van der Waals surface area contributed by atoms with Crippen molar-refractivity contribution in [1.29, 1.82) is 0 Å². The highest BCUT2D eigenvalue weighted by Gasteiger charge is 2.41. The molecule has 2 aliphatic rings. The topological polar surface area (TPSA) is 128 Å². The number of hydrogen-bond acceptors (Lipinski definition) is 8. The quantitative estimate of drug-likeness (QED) is 0.407. The molecule has 1 atom stereocenters. The van der Waals surface area contributed by atoms with Gasteiger partial charge in [-0.2, -0.15) is 8.42 Å². The molecular weight excluding hydrogens is 526 g/mol. The standard InChI is InChI=1S/C30H37N5O4S/c1-19-14-21(16-24(15-19)39-23-8-5-6-9-23)22-17-25(28(32-18-22)35-13-12-20(2)30(35,3)4)29(36)34-40(37,38)27-11-7-10-26(31)33-27/h7,10-11,14-18,20,23H,5-6,8-9,12-13H2,1-4H3,(H2,31,33)(H,34,36). The van der Waals surface area contributed by atoms with E-state index in [4.69, 9.17) is 15.5 Å². The molecule has 0 bridgehead atoms. The number of anilines is 2. The highest BCUT2D eigenvalue weighted by molar-refractivity contribution is 7.90. The number of carbonyl (C=O) groups excluding carboxylic acids is 1. The molecule has 3 heterocycles. The van der Waals surface area contributed by atoms with Crippen molar-refractivity contribution in [3.8, 4) is 16.9 Å². The van der Waals surface area contributed by atoms with Crippen LogP contribution in [0.25, 0.3) is 11.1 Å². The fourth-order valence-electron chi connectivity index (χ4n) is 5.60. The Kier molecular flexibility index (Phi) is 7.48. The zero-order valence-electron chi connectivity index (χ0n) is 23.5. The molecule has 3 N–H and O–H groups in total. The molecule has 212 valence electrons. The summed E-state index contributed by atoms with van der Waals surface area (Å²) >= 11 is 0. The highest BCUT2D eigenvalue weighted by atomic mass is 32.2. The summed E-state index contributed by atoms with van der Waals surface area (Å²) < 4.78 is 34.6. The van der Waals surface area contributed by atoms with Crippen molar-refractivity contribution in [1.82, 2.24) is 14.7 Å². The van der Waals surface area contributed by atoms with Crippen LogP contribution in [0.2, 0.25) is 0 Å². The van der Waals surface area contributed by atoms with Crippen LogP contribution in [0.4, 0.5) is 11.6 Å². The summed E-state index contributed by atoms with van der Waals surface area (Å²) in [5.74, 6) is 0.849. The van der Waals surface area contributed by atoms with Gasteiger partial charge in [-0.3, -0.25) is 4.79 Å². The molecule has 1 aliphatic carbocycles. The summed E-state index contributed by atoms with van der Waals surface area (Å²) in [4.78, 5) is 24.4. The van der Waals surface area contributed by atoms with Gasteiger partial charge in [-0.15, -0.1) is 0 Å². The average Bonchev–Trinajstić information content (AvgIpc) is 3.50. The van der Waals surface area contributed by atoms with E-state index in [1.165, 1.54) is 31.0 Å². The van der Waals surface area contributed by atoms with Gasteiger partial charge in [0, 0.05) is 23.8 Å². The molecule has 2 fully saturated rings. The number of carbonyl (C=O) groups is 1. The van der Waals surface area contributed by atoms with Crippen molar-refractivity contribution in [3.63, 3.8) is 0 Å². The lowest BCUT2D eigenvalue weighted by molar-refractivity contribution is 0.0981. The second kappa shape index (κ2) is 10.7. The summed E-state index contributed by atoms with van der Waals surface area (Å²) in [7, 11) is -4.27. The van der Waals surface area contributed by atoms with Gasteiger partial charge >= 0.3 is 0 Å². The second-order valence-electron chi connectivity index (χ2n) is 11.5. The van der Waals surface area contributed by atoms with E-state index in [1.807, 2.05) is 25.1 Å². The second-order valence-corrected chi connectivity index (χ2v) is 13.1. The molecule has 40 heavy (non-hydrogen) atoms. The molecule has 3 aromatic rings. The van der Waals surface area contributed by atoms with Crippen LogP contribution in [0.1, 0.15) is 68.8 Å². The first-order valence-corrected chi connectivity index (χ1v) is 15.3. The van der Waals surface area contributed by atoms with E-state index in [-0.39, 0.29) is 28.1 Å². The van der Waals surface area contributed by atoms with Crippen LogP contribution in [0.5, 0.6) is 5.75 Å². The van der Waals surface area contributed by atoms with Gasteiger partial charge in [-0.1, -0.05) is 19.1 Å². The van der Waals surface area contributed by atoms with E-state index in [2.05, 4.69) is 35.4 Å². The number of nitrogen functional groups attached to an aromatic ring is 1. The van der Waals surface area contributed by atoms with Gasteiger partial charge in [-0.25, -0.2) is 14.7 Å². The Morgan fingerprint density at radius 2 is 1.85 bits per heavy atom. The van der Waals surface area contributed by atoms with E-state index in [0.717, 1.165) is 36.1 Å². The maximum absolute atomic E-state index is 13.7. The van der Waals surface area contributed by atoms with Crippen LogP contribution < -0.4 is 20.1 Å². The Balaban J connectivity index is 1.55. The van der Waals surface area contributed by atoms with Crippen molar-refractivity contribution in [2.45, 2.75) is 76.5 Å². The maximum atomic E-state index is 13.7. The van der Waals surface area contributed by atoms with Gasteiger partial charge in [0.15, 0.2) is 5.03 Å². The normalized spacial score (nSPS) is 19.1. The van der Waals surface area contributed by atoms with E-state index >= 15 is 0 Å². The molecule has 1 saturated heterocycles. The third-order valence-corrected chi connectivity index (χ3v) is 9.52. The molecule has 10 heteroatoms. The zero-order chi connectivity index (χ0) is 28.7. The Labute approximate surface area is 236 Å². The Hall–Kier alpha value is -3.66. The van der Waals surface area contributed by atoms with Crippen LogP contribution in [0.15, 0.2) is 53.7 Å². The van der Waals surface area contributed by atoms with E-state index in [9.17, 15) is 13.2 Å². The molecule has 2 aromatic heterocycles. The molecule has 9 nitrogen and oxygen atoms in total. The van der Waals surface area contributed by atoms with Crippen LogP contribution in [-0.2, 0) is 10.0 Å². The van der Waals surface area contributed by atoms with Gasteiger partial charge in [0.25, 0.3) is 15.9 Å². The number of aryl methyl sites for hydroxylation is 1. The molecule has 1 aromatic carbocycles. The van der Waals surface area contributed by atoms with Crippen LogP contribution in [0.3, 0.4) is 0 Å². The van der Waals surface area contributed by atoms with Gasteiger partial charge in [0.05, 0.1) is 11.7 Å². The predicted molar refractivity (Wildman–Crippen MR) is 156 cm³/mol. The smallest absolute Gasteiger partial charge is 0.281 e. The molecular formula is C30H37N5O4S. The number of pyridine rings is 2. The van der Waals surface area contributed by atoms with Crippen molar-refractivity contribution in [3.05, 3.63) is 59.8 Å². The molecule has 1 aliphatic heterocycles. The van der Waals surface area contributed by atoms with Crippen molar-refractivity contribution in [2.24, 2.45) is 5.92 Å². The minimum atomic E-state index is -4.27. The minimum Gasteiger partial charge on any atom is -0.490 e. The summed E-state index contributed by atoms with van der Waals surface area (Å²) in [5.41, 5.74) is 8.15. The SMILES string of the molecule is Cc1cc(OC2CCCC2)cc(-c2cnc(N3CCC(C)C3(C)C)c(C(=O)NS(=O)(=O)c3cccc(N)n3)c2)c1. The number of hydrogen-bond donors (Lipinski definition) is 2. The van der Waals surface area contributed by atoms with E-state index in [0.29, 0.717) is 23.8 Å². The summed E-state index contributed by atoms with van der Waals surface area (Å²) in [6.45, 7) is 9.10. The first-order valence-electron chi connectivity index (χ1n) is 13.8. The number of benzene rings is 1. The zero-order valence-corrected chi connectivity index (χ0v) is 24.3. The Morgan fingerprint density at radius 1 is 1.10 bits per heavy atom. The lowest BCUT2D eigenvalue weighted by Crippen LogP contribution is -2.43. The van der Waals surface area contributed by atoms with Gasteiger partial charge in [-0.05, 0) is 100 Å². The average molecular weight is 564 g/mol. The maximum Gasteiger partial charge on any atom is 0.281 e. The highest BCUT2D eigenvalue weighted by Crippen LogP contribution is 2.39. The van der Waals surface area contributed by atoms with Crippen molar-refractivity contribution >= 4 is 27.6 Å². The summed E-state index contributed by atoms with van der Waals surface area (Å²) in [6.07, 6.45) is 7.32. The third-order valence-electron chi connectivity index (χ3n) is 8.29.